The minimum Gasteiger partial charge on any atom is -0.391 e. The molecule has 1 fully saturated rings. The second-order valence-corrected chi connectivity index (χ2v) is 7.50. The number of H-pyrrole nitrogens is 1. The lowest BCUT2D eigenvalue weighted by Crippen LogP contribution is -2.36. The summed E-state index contributed by atoms with van der Waals surface area (Å²) in [6.07, 6.45) is 10.7. The molecule has 1 aliphatic carbocycles. The van der Waals surface area contributed by atoms with Crippen LogP contribution in [0.5, 0.6) is 0 Å². The molecule has 1 saturated carbocycles. The first kappa shape index (κ1) is 17.6. The van der Waals surface area contributed by atoms with Crippen LogP contribution >= 0.6 is 0 Å². The number of aromatic amines is 1. The van der Waals surface area contributed by atoms with Gasteiger partial charge in [0.05, 0.1) is 29.3 Å². The molecule has 3 heterocycles. The number of aliphatic hydroxyl groups is 1. The number of nitrogens with one attached hydrogen (secondary N) is 2. The van der Waals surface area contributed by atoms with Gasteiger partial charge in [-0.05, 0) is 25.0 Å². The SMILES string of the molecule is N#Cc1ccc2c(-c3cncc4cnc(N[C@H]5CCCC[C@H]5O)nc34)c[nH]c2c1. The van der Waals surface area contributed by atoms with Crippen LogP contribution in [0.2, 0.25) is 0 Å². The van der Waals surface area contributed by atoms with E-state index in [1.807, 2.05) is 24.4 Å². The van der Waals surface area contributed by atoms with Gasteiger partial charge in [0.2, 0.25) is 5.95 Å². The van der Waals surface area contributed by atoms with Gasteiger partial charge >= 0.3 is 0 Å². The van der Waals surface area contributed by atoms with Crippen LogP contribution in [0.25, 0.3) is 32.9 Å². The molecule has 7 heteroatoms. The molecular weight excluding hydrogens is 364 g/mol. The minimum atomic E-state index is -0.372. The zero-order chi connectivity index (χ0) is 19.8. The van der Waals surface area contributed by atoms with E-state index in [9.17, 15) is 5.11 Å². The summed E-state index contributed by atoms with van der Waals surface area (Å²) in [5, 5.41) is 24.6. The molecule has 0 aliphatic heterocycles. The highest BCUT2D eigenvalue weighted by Gasteiger charge is 2.23. The predicted molar refractivity (Wildman–Crippen MR) is 111 cm³/mol. The predicted octanol–water partition coefficient (Wildman–Crippen LogP) is 3.76. The molecule has 0 bridgehead atoms. The van der Waals surface area contributed by atoms with Gasteiger partial charge in [-0.15, -0.1) is 0 Å². The lowest BCUT2D eigenvalue weighted by molar-refractivity contribution is 0.116. The van der Waals surface area contributed by atoms with Gasteiger partial charge in [0.25, 0.3) is 0 Å². The van der Waals surface area contributed by atoms with E-state index < -0.39 is 0 Å². The lowest BCUT2D eigenvalue weighted by atomic mass is 9.93. The van der Waals surface area contributed by atoms with Crippen molar-refractivity contribution in [1.29, 1.82) is 5.26 Å². The molecule has 3 aromatic heterocycles. The van der Waals surface area contributed by atoms with Gasteiger partial charge in [0, 0.05) is 52.2 Å². The summed E-state index contributed by atoms with van der Waals surface area (Å²) in [7, 11) is 0. The Morgan fingerprint density at radius 3 is 2.90 bits per heavy atom. The molecule has 0 unspecified atom stereocenters. The van der Waals surface area contributed by atoms with Gasteiger partial charge in [0.15, 0.2) is 0 Å². The van der Waals surface area contributed by atoms with Crippen molar-refractivity contribution in [2.24, 2.45) is 0 Å². The van der Waals surface area contributed by atoms with Crippen molar-refractivity contribution in [2.75, 3.05) is 5.32 Å². The molecule has 4 aromatic rings. The molecule has 1 aliphatic rings. The summed E-state index contributed by atoms with van der Waals surface area (Å²) in [6.45, 7) is 0. The zero-order valence-electron chi connectivity index (χ0n) is 15.8. The Hall–Kier alpha value is -3.50. The first-order valence-electron chi connectivity index (χ1n) is 9.80. The van der Waals surface area contributed by atoms with E-state index in [2.05, 4.69) is 26.3 Å². The average Bonchev–Trinajstić information content (AvgIpc) is 3.18. The fourth-order valence-corrected chi connectivity index (χ4v) is 4.09. The molecule has 7 nitrogen and oxygen atoms in total. The van der Waals surface area contributed by atoms with Crippen molar-refractivity contribution in [1.82, 2.24) is 19.9 Å². The van der Waals surface area contributed by atoms with Crippen LogP contribution in [0.1, 0.15) is 31.2 Å². The lowest BCUT2D eigenvalue weighted by Gasteiger charge is -2.28. The maximum Gasteiger partial charge on any atom is 0.223 e. The number of aliphatic hydroxyl groups excluding tert-OH is 1. The topological polar surface area (TPSA) is 111 Å². The fourth-order valence-electron chi connectivity index (χ4n) is 4.09. The maximum atomic E-state index is 10.3. The first-order chi connectivity index (χ1) is 14.2. The maximum absolute atomic E-state index is 10.3. The van der Waals surface area contributed by atoms with Gasteiger partial charge in [-0.25, -0.2) is 9.97 Å². The van der Waals surface area contributed by atoms with Crippen molar-refractivity contribution in [3.63, 3.8) is 0 Å². The zero-order valence-corrected chi connectivity index (χ0v) is 15.8. The molecule has 0 radical (unpaired) electrons. The molecular formula is C22H20N6O. The highest BCUT2D eigenvalue weighted by Crippen LogP contribution is 2.33. The van der Waals surface area contributed by atoms with Gasteiger partial charge < -0.3 is 15.4 Å². The van der Waals surface area contributed by atoms with E-state index in [1.165, 1.54) is 0 Å². The average molecular weight is 384 g/mol. The monoisotopic (exact) mass is 384 g/mol. The second kappa shape index (κ2) is 7.15. The Kier molecular flexibility index (Phi) is 4.34. The van der Waals surface area contributed by atoms with Crippen LogP contribution in [0.15, 0.2) is 43.0 Å². The number of rotatable bonds is 3. The van der Waals surface area contributed by atoms with Crippen LogP contribution in [-0.4, -0.2) is 37.2 Å². The Morgan fingerprint density at radius 2 is 2.03 bits per heavy atom. The molecule has 144 valence electrons. The Bertz CT molecular complexity index is 1240. The number of anilines is 1. The third kappa shape index (κ3) is 3.18. The first-order valence-corrected chi connectivity index (χ1v) is 9.80. The van der Waals surface area contributed by atoms with Crippen molar-refractivity contribution >= 4 is 27.8 Å². The number of benzene rings is 1. The third-order valence-corrected chi connectivity index (χ3v) is 5.63. The largest absolute Gasteiger partial charge is 0.391 e. The highest BCUT2D eigenvalue weighted by molar-refractivity contribution is 6.03. The molecule has 0 saturated heterocycles. The summed E-state index contributed by atoms with van der Waals surface area (Å²) < 4.78 is 0. The van der Waals surface area contributed by atoms with Crippen LogP contribution in [0, 0.1) is 11.3 Å². The second-order valence-electron chi connectivity index (χ2n) is 7.50. The summed E-state index contributed by atoms with van der Waals surface area (Å²) >= 11 is 0. The smallest absolute Gasteiger partial charge is 0.223 e. The molecule has 1 aromatic carbocycles. The highest BCUT2D eigenvalue weighted by atomic mass is 16.3. The number of nitriles is 1. The van der Waals surface area contributed by atoms with Crippen LogP contribution in [0.4, 0.5) is 5.95 Å². The standard InChI is InChI=1S/C22H20N6O/c23-8-13-5-6-15-16(12-25-19(15)7-13)17-11-24-9-14-10-26-22(28-21(14)17)27-18-3-1-2-4-20(18)29/h5-7,9-12,18,20,25,29H,1-4H2,(H,26,27,28)/t18-,20+/m0/s1. The molecule has 2 atom stereocenters. The minimum absolute atomic E-state index is 0.0241. The van der Waals surface area contributed by atoms with Crippen molar-refractivity contribution in [2.45, 2.75) is 37.8 Å². The normalized spacial score (nSPS) is 19.3. The molecule has 3 N–H and O–H groups in total. The van der Waals surface area contributed by atoms with Gasteiger partial charge in [-0.2, -0.15) is 5.26 Å². The molecule has 29 heavy (non-hydrogen) atoms. The van der Waals surface area contributed by atoms with Crippen LogP contribution in [-0.2, 0) is 0 Å². The van der Waals surface area contributed by atoms with Crippen LogP contribution < -0.4 is 5.32 Å². The Morgan fingerprint density at radius 1 is 1.14 bits per heavy atom. The molecule has 0 amide bonds. The fraction of sp³-hybridized carbons (Fsp3) is 0.273. The van der Waals surface area contributed by atoms with Gasteiger partial charge in [0.1, 0.15) is 0 Å². The third-order valence-electron chi connectivity index (χ3n) is 5.63. The summed E-state index contributed by atoms with van der Waals surface area (Å²) in [4.78, 5) is 16.8. The van der Waals surface area contributed by atoms with Crippen molar-refractivity contribution in [3.8, 4) is 17.2 Å². The van der Waals surface area contributed by atoms with Crippen molar-refractivity contribution in [3.05, 3.63) is 48.5 Å². The Labute approximate surface area is 167 Å². The van der Waals surface area contributed by atoms with E-state index in [1.54, 1.807) is 18.6 Å². The number of hydrogen-bond donors (Lipinski definition) is 3. The van der Waals surface area contributed by atoms with E-state index in [0.717, 1.165) is 58.6 Å². The van der Waals surface area contributed by atoms with E-state index in [-0.39, 0.29) is 12.1 Å². The van der Waals surface area contributed by atoms with Gasteiger partial charge in [-0.1, -0.05) is 18.9 Å². The molecule has 5 rings (SSSR count). The molecule has 0 spiro atoms. The van der Waals surface area contributed by atoms with Gasteiger partial charge in [-0.3, -0.25) is 4.98 Å². The summed E-state index contributed by atoms with van der Waals surface area (Å²) in [5.41, 5.74) is 4.18. The van der Waals surface area contributed by atoms with Crippen LogP contribution in [0.3, 0.4) is 0 Å². The number of fused-ring (bicyclic) bond motifs is 2. The summed E-state index contributed by atoms with van der Waals surface area (Å²) in [6, 6.07) is 7.73. The van der Waals surface area contributed by atoms with E-state index >= 15 is 0 Å². The van der Waals surface area contributed by atoms with E-state index in [0.29, 0.717) is 11.5 Å². The number of pyridine rings is 1. The van der Waals surface area contributed by atoms with Crippen molar-refractivity contribution < 1.29 is 5.11 Å². The Balaban J connectivity index is 1.58. The number of nitrogens with zero attached hydrogens (tertiary/aromatic N) is 4. The summed E-state index contributed by atoms with van der Waals surface area (Å²) in [5.74, 6) is 0.516. The number of hydrogen-bond acceptors (Lipinski definition) is 6. The quantitative estimate of drug-likeness (QED) is 0.496. The number of aromatic nitrogens is 4. The van der Waals surface area contributed by atoms with E-state index in [4.69, 9.17) is 10.2 Å².